The number of aliphatic imine (C=N–C) groups is 1. The molecule has 0 unspecified atom stereocenters. The van der Waals surface area contributed by atoms with Crippen molar-refractivity contribution in [3.05, 3.63) is 47.3 Å². The Morgan fingerprint density at radius 1 is 1.24 bits per heavy atom. The molecule has 0 amide bonds. The molecular formula is C16H18N2O2S. The molecular weight excluding hydrogens is 284 g/mol. The molecule has 1 aliphatic heterocycles. The largest absolute Gasteiger partial charge is 0.475 e. The molecule has 110 valence electrons. The smallest absolute Gasteiger partial charge is 0.222 e. The second-order valence-electron chi connectivity index (χ2n) is 5.69. The SMILES string of the molecule is Cc1noc(CSc2ccccc2)c1C1=NC(C)(C)CO1. The monoisotopic (exact) mass is 302 g/mol. The molecule has 2 heterocycles. The average Bonchev–Trinajstić information content (AvgIpc) is 3.00. The van der Waals surface area contributed by atoms with E-state index in [9.17, 15) is 0 Å². The van der Waals surface area contributed by atoms with Crippen LogP contribution in [0.25, 0.3) is 0 Å². The number of aryl methyl sites for hydroxylation is 1. The van der Waals surface area contributed by atoms with Crippen molar-refractivity contribution >= 4 is 17.7 Å². The molecule has 0 bridgehead atoms. The molecule has 3 rings (SSSR count). The van der Waals surface area contributed by atoms with Gasteiger partial charge in [0.25, 0.3) is 0 Å². The van der Waals surface area contributed by atoms with E-state index in [1.165, 1.54) is 4.90 Å². The summed E-state index contributed by atoms with van der Waals surface area (Å²) in [5.74, 6) is 2.18. The Morgan fingerprint density at radius 3 is 2.67 bits per heavy atom. The van der Waals surface area contributed by atoms with Gasteiger partial charge in [-0.25, -0.2) is 4.99 Å². The maximum atomic E-state index is 5.73. The Balaban J connectivity index is 1.81. The quantitative estimate of drug-likeness (QED) is 0.805. The summed E-state index contributed by atoms with van der Waals surface area (Å²) in [5.41, 5.74) is 1.56. The predicted molar refractivity (Wildman–Crippen MR) is 83.8 cm³/mol. The number of nitrogens with zero attached hydrogens (tertiary/aromatic N) is 2. The van der Waals surface area contributed by atoms with E-state index in [2.05, 4.69) is 36.1 Å². The highest BCUT2D eigenvalue weighted by atomic mass is 32.2. The highest BCUT2D eigenvalue weighted by molar-refractivity contribution is 7.98. The Morgan fingerprint density at radius 2 is 2.00 bits per heavy atom. The van der Waals surface area contributed by atoms with Gasteiger partial charge in [0.1, 0.15) is 12.2 Å². The van der Waals surface area contributed by atoms with E-state index >= 15 is 0 Å². The highest BCUT2D eigenvalue weighted by Gasteiger charge is 2.31. The lowest BCUT2D eigenvalue weighted by Gasteiger charge is -2.07. The Bertz CT molecular complexity index is 662. The molecule has 0 spiro atoms. The standard InChI is InChI=1S/C16H18N2O2S/c1-11-14(15-17-16(2,3)10-19-15)13(20-18-11)9-21-12-7-5-4-6-8-12/h4-8H,9-10H2,1-3H3. The number of rotatable bonds is 4. The molecule has 0 atom stereocenters. The lowest BCUT2D eigenvalue weighted by atomic mass is 10.1. The summed E-state index contributed by atoms with van der Waals surface area (Å²) in [6.07, 6.45) is 0. The van der Waals surface area contributed by atoms with Crippen molar-refractivity contribution in [1.82, 2.24) is 5.16 Å². The first-order valence-electron chi connectivity index (χ1n) is 6.91. The van der Waals surface area contributed by atoms with Crippen molar-refractivity contribution in [2.45, 2.75) is 37.0 Å². The number of ether oxygens (including phenoxy) is 1. The van der Waals surface area contributed by atoms with Crippen LogP contribution in [0, 0.1) is 6.92 Å². The Hall–Kier alpha value is -1.75. The fraction of sp³-hybridized carbons (Fsp3) is 0.375. The summed E-state index contributed by atoms with van der Waals surface area (Å²) < 4.78 is 11.2. The van der Waals surface area contributed by atoms with E-state index in [1.54, 1.807) is 11.8 Å². The summed E-state index contributed by atoms with van der Waals surface area (Å²) >= 11 is 1.72. The summed E-state index contributed by atoms with van der Waals surface area (Å²) in [6.45, 7) is 6.63. The van der Waals surface area contributed by atoms with Crippen molar-refractivity contribution < 1.29 is 9.26 Å². The lowest BCUT2D eigenvalue weighted by molar-refractivity contribution is 0.279. The van der Waals surface area contributed by atoms with Crippen LogP contribution < -0.4 is 0 Å². The van der Waals surface area contributed by atoms with E-state index in [1.807, 2.05) is 25.1 Å². The lowest BCUT2D eigenvalue weighted by Crippen LogP contribution is -2.17. The zero-order chi connectivity index (χ0) is 14.9. The van der Waals surface area contributed by atoms with Gasteiger partial charge in [0.15, 0.2) is 5.76 Å². The first kappa shape index (κ1) is 14.2. The fourth-order valence-corrected chi connectivity index (χ4v) is 3.01. The second-order valence-corrected chi connectivity index (χ2v) is 6.73. The van der Waals surface area contributed by atoms with Gasteiger partial charge >= 0.3 is 0 Å². The van der Waals surface area contributed by atoms with Gasteiger partial charge in [-0.15, -0.1) is 11.8 Å². The number of aromatic nitrogens is 1. The van der Waals surface area contributed by atoms with E-state index in [0.29, 0.717) is 18.3 Å². The molecule has 0 radical (unpaired) electrons. The fourth-order valence-electron chi connectivity index (χ4n) is 2.17. The van der Waals surface area contributed by atoms with Gasteiger partial charge in [-0.1, -0.05) is 23.4 Å². The third-order valence-electron chi connectivity index (χ3n) is 3.23. The van der Waals surface area contributed by atoms with Gasteiger partial charge in [-0.3, -0.25) is 0 Å². The number of benzene rings is 1. The van der Waals surface area contributed by atoms with Crippen LogP contribution in [0.3, 0.4) is 0 Å². The molecule has 0 aliphatic carbocycles. The van der Waals surface area contributed by atoms with E-state index < -0.39 is 0 Å². The zero-order valence-corrected chi connectivity index (χ0v) is 13.2. The van der Waals surface area contributed by atoms with Gasteiger partial charge < -0.3 is 9.26 Å². The Kier molecular flexibility index (Phi) is 3.76. The molecule has 21 heavy (non-hydrogen) atoms. The van der Waals surface area contributed by atoms with Crippen LogP contribution in [0.2, 0.25) is 0 Å². The molecule has 4 nitrogen and oxygen atoms in total. The molecule has 2 aromatic rings. The predicted octanol–water partition coefficient (Wildman–Crippen LogP) is 3.83. The molecule has 1 aliphatic rings. The molecule has 0 saturated carbocycles. The van der Waals surface area contributed by atoms with Crippen molar-refractivity contribution in [3.8, 4) is 0 Å². The van der Waals surface area contributed by atoms with Crippen molar-refractivity contribution in [2.24, 2.45) is 4.99 Å². The van der Waals surface area contributed by atoms with Crippen LogP contribution in [-0.4, -0.2) is 23.2 Å². The molecule has 0 fully saturated rings. The van der Waals surface area contributed by atoms with Crippen LogP contribution >= 0.6 is 11.8 Å². The zero-order valence-electron chi connectivity index (χ0n) is 12.4. The third kappa shape index (κ3) is 3.13. The first-order chi connectivity index (χ1) is 10.1. The van der Waals surface area contributed by atoms with E-state index in [4.69, 9.17) is 9.26 Å². The van der Waals surface area contributed by atoms with Crippen molar-refractivity contribution in [2.75, 3.05) is 6.61 Å². The average molecular weight is 302 g/mol. The van der Waals surface area contributed by atoms with Crippen LogP contribution in [0.1, 0.15) is 30.9 Å². The minimum atomic E-state index is -0.178. The first-order valence-corrected chi connectivity index (χ1v) is 7.90. The minimum Gasteiger partial charge on any atom is -0.475 e. The second kappa shape index (κ2) is 5.56. The third-order valence-corrected chi connectivity index (χ3v) is 4.24. The topological polar surface area (TPSA) is 47.6 Å². The van der Waals surface area contributed by atoms with Crippen LogP contribution in [-0.2, 0) is 10.5 Å². The Labute approximate surface area is 128 Å². The maximum absolute atomic E-state index is 5.73. The summed E-state index contributed by atoms with van der Waals surface area (Å²) in [5, 5.41) is 4.07. The van der Waals surface area contributed by atoms with Gasteiger partial charge in [0.05, 0.1) is 17.0 Å². The highest BCUT2D eigenvalue weighted by Crippen LogP contribution is 2.29. The van der Waals surface area contributed by atoms with Gasteiger partial charge in [-0.05, 0) is 32.9 Å². The normalized spacial score (nSPS) is 16.6. The molecule has 0 N–H and O–H groups in total. The molecule has 5 heteroatoms. The number of hydrogen-bond donors (Lipinski definition) is 0. The number of thioether (sulfide) groups is 1. The summed E-state index contributed by atoms with van der Waals surface area (Å²) in [4.78, 5) is 5.83. The molecule has 1 aromatic heterocycles. The summed E-state index contributed by atoms with van der Waals surface area (Å²) in [6, 6.07) is 10.2. The summed E-state index contributed by atoms with van der Waals surface area (Å²) in [7, 11) is 0. The molecule has 0 saturated heterocycles. The van der Waals surface area contributed by atoms with Crippen molar-refractivity contribution in [1.29, 1.82) is 0 Å². The van der Waals surface area contributed by atoms with E-state index in [0.717, 1.165) is 17.0 Å². The van der Waals surface area contributed by atoms with Crippen LogP contribution in [0.4, 0.5) is 0 Å². The van der Waals surface area contributed by atoms with Gasteiger partial charge in [0.2, 0.25) is 5.90 Å². The van der Waals surface area contributed by atoms with Crippen molar-refractivity contribution in [3.63, 3.8) is 0 Å². The van der Waals surface area contributed by atoms with Crippen LogP contribution in [0.5, 0.6) is 0 Å². The number of hydrogen-bond acceptors (Lipinski definition) is 5. The minimum absolute atomic E-state index is 0.178. The van der Waals surface area contributed by atoms with E-state index in [-0.39, 0.29) is 5.54 Å². The maximum Gasteiger partial charge on any atom is 0.222 e. The molecule has 1 aromatic carbocycles. The van der Waals surface area contributed by atoms with Crippen LogP contribution in [0.15, 0.2) is 44.7 Å². The van der Waals surface area contributed by atoms with Gasteiger partial charge in [-0.2, -0.15) is 0 Å². The van der Waals surface area contributed by atoms with Gasteiger partial charge in [0, 0.05) is 4.90 Å².